The Morgan fingerprint density at radius 1 is 1.31 bits per heavy atom. The number of aliphatic carboxylic acids is 1. The summed E-state index contributed by atoms with van der Waals surface area (Å²) in [5.74, 6) is -0.994. The molecule has 0 saturated heterocycles. The Hall–Kier alpha value is -1.26. The molecule has 0 aromatic carbocycles. The van der Waals surface area contributed by atoms with E-state index in [9.17, 15) is 9.59 Å². The molecule has 0 fully saturated rings. The van der Waals surface area contributed by atoms with Gasteiger partial charge in [0.25, 0.3) is 0 Å². The Morgan fingerprint density at radius 3 is 2.25 bits per heavy atom. The number of carbonyl (C=O) groups excluding carboxylic acids is 1. The first kappa shape index (κ1) is 14.7. The Kier molecular flexibility index (Phi) is 5.85. The molecule has 0 aromatic heterocycles. The van der Waals surface area contributed by atoms with Crippen LogP contribution in [-0.2, 0) is 4.79 Å². The Bertz CT molecular complexity index is 252. The molecule has 0 rings (SSSR count). The van der Waals surface area contributed by atoms with Gasteiger partial charge in [0.1, 0.15) is 6.04 Å². The first-order chi connectivity index (χ1) is 7.32. The highest BCUT2D eigenvalue weighted by molar-refractivity contribution is 5.82. The number of rotatable bonds is 6. The highest BCUT2D eigenvalue weighted by atomic mass is 16.4. The molecule has 0 unspecified atom stereocenters. The molecule has 0 radical (unpaired) electrons. The van der Waals surface area contributed by atoms with E-state index in [2.05, 4.69) is 10.6 Å². The number of hydrogen-bond acceptors (Lipinski definition) is 2. The lowest BCUT2D eigenvalue weighted by Gasteiger charge is -2.25. The fourth-order valence-corrected chi connectivity index (χ4v) is 1.14. The fourth-order valence-electron chi connectivity index (χ4n) is 1.14. The maximum Gasteiger partial charge on any atom is 0.326 e. The van der Waals surface area contributed by atoms with E-state index in [1.807, 2.05) is 27.7 Å². The van der Waals surface area contributed by atoms with E-state index in [0.717, 1.165) is 6.42 Å². The second-order valence-electron chi connectivity index (χ2n) is 4.52. The van der Waals surface area contributed by atoms with Gasteiger partial charge >= 0.3 is 12.0 Å². The third-order valence-electron chi connectivity index (χ3n) is 2.52. The van der Waals surface area contributed by atoms with E-state index >= 15 is 0 Å². The zero-order valence-corrected chi connectivity index (χ0v) is 10.5. The lowest BCUT2D eigenvalue weighted by molar-refractivity contribution is -0.139. The number of nitrogens with one attached hydrogen (secondary N) is 2. The smallest absolute Gasteiger partial charge is 0.326 e. The van der Waals surface area contributed by atoms with Gasteiger partial charge in [-0.05, 0) is 26.7 Å². The van der Waals surface area contributed by atoms with E-state index in [0.29, 0.717) is 12.8 Å². The van der Waals surface area contributed by atoms with Gasteiger partial charge in [-0.25, -0.2) is 9.59 Å². The third-order valence-corrected chi connectivity index (χ3v) is 2.52. The summed E-state index contributed by atoms with van der Waals surface area (Å²) >= 11 is 0. The monoisotopic (exact) mass is 230 g/mol. The number of hydrogen-bond donors (Lipinski definition) is 3. The van der Waals surface area contributed by atoms with Crippen LogP contribution in [-0.4, -0.2) is 28.7 Å². The van der Waals surface area contributed by atoms with Crippen molar-refractivity contribution in [2.75, 3.05) is 0 Å². The lowest BCUT2D eigenvalue weighted by Crippen LogP contribution is -2.52. The van der Waals surface area contributed by atoms with Crippen molar-refractivity contribution < 1.29 is 14.7 Å². The molecule has 2 amide bonds. The molecular weight excluding hydrogens is 208 g/mol. The summed E-state index contributed by atoms with van der Waals surface area (Å²) < 4.78 is 0. The van der Waals surface area contributed by atoms with Crippen LogP contribution in [0, 0.1) is 0 Å². The molecule has 5 nitrogen and oxygen atoms in total. The van der Waals surface area contributed by atoms with Crippen LogP contribution in [0.2, 0.25) is 0 Å². The fraction of sp³-hybridized carbons (Fsp3) is 0.818. The Morgan fingerprint density at radius 2 is 1.88 bits per heavy atom. The van der Waals surface area contributed by atoms with Crippen LogP contribution in [0.3, 0.4) is 0 Å². The van der Waals surface area contributed by atoms with Crippen LogP contribution in [0.5, 0.6) is 0 Å². The summed E-state index contributed by atoms with van der Waals surface area (Å²) in [5.41, 5.74) is -0.320. The highest BCUT2D eigenvalue weighted by Crippen LogP contribution is 2.06. The van der Waals surface area contributed by atoms with Crippen molar-refractivity contribution in [3.8, 4) is 0 Å². The first-order valence-electron chi connectivity index (χ1n) is 5.64. The number of carboxylic acids is 1. The molecule has 0 aliphatic heterocycles. The van der Waals surface area contributed by atoms with E-state index < -0.39 is 18.0 Å². The van der Waals surface area contributed by atoms with E-state index in [-0.39, 0.29) is 5.54 Å². The molecule has 0 heterocycles. The maximum absolute atomic E-state index is 11.5. The summed E-state index contributed by atoms with van der Waals surface area (Å²) in [6.07, 6.45) is 1.94. The van der Waals surface area contributed by atoms with E-state index in [1.165, 1.54) is 0 Å². The van der Waals surface area contributed by atoms with Gasteiger partial charge in [0.2, 0.25) is 0 Å². The van der Waals surface area contributed by atoms with Gasteiger partial charge in [-0.15, -0.1) is 0 Å². The molecular formula is C11H22N2O3. The molecule has 0 spiro atoms. The number of carboxylic acid groups (broad SMARTS) is 1. The molecule has 0 aliphatic rings. The van der Waals surface area contributed by atoms with Crippen molar-refractivity contribution >= 4 is 12.0 Å². The molecule has 0 aliphatic carbocycles. The van der Waals surface area contributed by atoms with Gasteiger partial charge in [0, 0.05) is 5.54 Å². The summed E-state index contributed by atoms with van der Waals surface area (Å²) in [6.45, 7) is 7.62. The van der Waals surface area contributed by atoms with Crippen LogP contribution >= 0.6 is 0 Å². The van der Waals surface area contributed by atoms with Crippen LogP contribution < -0.4 is 10.6 Å². The minimum absolute atomic E-state index is 0.320. The van der Waals surface area contributed by atoms with Crippen molar-refractivity contribution in [2.24, 2.45) is 0 Å². The predicted molar refractivity (Wildman–Crippen MR) is 62.4 cm³/mol. The summed E-state index contributed by atoms with van der Waals surface area (Å²) in [4.78, 5) is 22.3. The number of amides is 2. The van der Waals surface area contributed by atoms with E-state index in [4.69, 9.17) is 5.11 Å². The van der Waals surface area contributed by atoms with Gasteiger partial charge < -0.3 is 15.7 Å². The van der Waals surface area contributed by atoms with Gasteiger partial charge in [-0.2, -0.15) is 0 Å². The molecule has 0 bridgehead atoms. The minimum Gasteiger partial charge on any atom is -0.480 e. The van der Waals surface area contributed by atoms with Crippen molar-refractivity contribution in [3.63, 3.8) is 0 Å². The lowest BCUT2D eigenvalue weighted by atomic mass is 10.0. The summed E-state index contributed by atoms with van der Waals surface area (Å²) in [7, 11) is 0. The normalized spacial score (nSPS) is 13.0. The van der Waals surface area contributed by atoms with Crippen LogP contribution in [0.15, 0.2) is 0 Å². The minimum atomic E-state index is -0.994. The number of carbonyl (C=O) groups is 2. The molecule has 1 atom stereocenters. The molecule has 3 N–H and O–H groups in total. The number of urea groups is 1. The molecule has 94 valence electrons. The van der Waals surface area contributed by atoms with Gasteiger partial charge in [0.15, 0.2) is 0 Å². The second-order valence-corrected chi connectivity index (χ2v) is 4.52. The van der Waals surface area contributed by atoms with Crippen molar-refractivity contribution in [3.05, 3.63) is 0 Å². The zero-order chi connectivity index (χ0) is 12.8. The SMILES string of the molecule is CCC[C@@H](NC(=O)NC(C)(C)CC)C(=O)O. The van der Waals surface area contributed by atoms with Gasteiger partial charge in [-0.3, -0.25) is 0 Å². The van der Waals surface area contributed by atoms with E-state index in [1.54, 1.807) is 0 Å². The average Bonchev–Trinajstić information content (AvgIpc) is 2.16. The Labute approximate surface area is 96.6 Å². The molecule has 0 aromatic rings. The topological polar surface area (TPSA) is 78.4 Å². The third kappa shape index (κ3) is 5.58. The van der Waals surface area contributed by atoms with Crippen LogP contribution in [0.1, 0.15) is 47.0 Å². The molecule has 0 saturated carbocycles. The quantitative estimate of drug-likeness (QED) is 0.650. The highest BCUT2D eigenvalue weighted by Gasteiger charge is 2.22. The van der Waals surface area contributed by atoms with Crippen molar-refractivity contribution in [2.45, 2.75) is 58.5 Å². The Balaban J connectivity index is 4.25. The summed E-state index contributed by atoms with van der Waals surface area (Å²) in [5, 5.41) is 14.1. The van der Waals surface area contributed by atoms with Crippen LogP contribution in [0.25, 0.3) is 0 Å². The predicted octanol–water partition coefficient (Wildman–Crippen LogP) is 1.73. The van der Waals surface area contributed by atoms with Gasteiger partial charge in [-0.1, -0.05) is 20.3 Å². The van der Waals surface area contributed by atoms with Crippen molar-refractivity contribution in [1.29, 1.82) is 0 Å². The van der Waals surface area contributed by atoms with Gasteiger partial charge in [0.05, 0.1) is 0 Å². The standard InChI is InChI=1S/C11H22N2O3/c1-5-7-8(9(14)15)12-10(16)13-11(3,4)6-2/h8H,5-7H2,1-4H3,(H,14,15)(H2,12,13,16)/t8-/m1/s1. The van der Waals surface area contributed by atoms with Crippen LogP contribution in [0.4, 0.5) is 4.79 Å². The zero-order valence-electron chi connectivity index (χ0n) is 10.5. The van der Waals surface area contributed by atoms with Crippen molar-refractivity contribution in [1.82, 2.24) is 10.6 Å². The average molecular weight is 230 g/mol. The largest absolute Gasteiger partial charge is 0.480 e. The molecule has 5 heteroatoms. The first-order valence-corrected chi connectivity index (χ1v) is 5.64. The maximum atomic E-state index is 11.5. The molecule has 16 heavy (non-hydrogen) atoms. The summed E-state index contributed by atoms with van der Waals surface area (Å²) in [6, 6.07) is -1.23. The second kappa shape index (κ2) is 6.35.